The predicted molar refractivity (Wildman–Crippen MR) is 60.7 cm³/mol. The average molecular weight is 259 g/mol. The molecule has 6 heteroatoms. The summed E-state index contributed by atoms with van der Waals surface area (Å²) >= 11 is 0. The van der Waals surface area contributed by atoms with E-state index in [0.29, 0.717) is 5.56 Å². The van der Waals surface area contributed by atoms with Gasteiger partial charge in [-0.2, -0.15) is 0 Å². The van der Waals surface area contributed by atoms with E-state index in [0.717, 1.165) is 12.1 Å². The van der Waals surface area contributed by atoms with Crippen LogP contribution in [0.3, 0.4) is 0 Å². The van der Waals surface area contributed by atoms with Crippen LogP contribution in [-0.4, -0.2) is 30.3 Å². The molecule has 0 fully saturated rings. The Bertz CT molecular complexity index is 424. The van der Waals surface area contributed by atoms with Gasteiger partial charge in [0.05, 0.1) is 13.2 Å². The number of ether oxygens (including phenoxy) is 1. The van der Waals surface area contributed by atoms with Gasteiger partial charge in [0.15, 0.2) is 11.6 Å². The van der Waals surface area contributed by atoms with E-state index in [4.69, 9.17) is 0 Å². The maximum atomic E-state index is 12.9. The van der Waals surface area contributed by atoms with Gasteiger partial charge in [-0.25, -0.2) is 8.78 Å². The average Bonchev–Trinajstić information content (AvgIpc) is 2.33. The fourth-order valence-corrected chi connectivity index (χ4v) is 1.46. The van der Waals surface area contributed by atoms with Crippen molar-refractivity contribution in [1.82, 2.24) is 5.32 Å². The minimum absolute atomic E-state index is 0.113. The summed E-state index contributed by atoms with van der Waals surface area (Å²) in [6.45, 7) is 1.54. The molecule has 1 aromatic carbocycles. The zero-order valence-corrected chi connectivity index (χ0v) is 10.1. The highest BCUT2D eigenvalue weighted by Gasteiger charge is 2.23. The third-order valence-electron chi connectivity index (χ3n) is 2.45. The molecule has 4 nitrogen and oxygen atoms in total. The summed E-state index contributed by atoms with van der Waals surface area (Å²) in [5.41, 5.74) is 0.462. The second-order valence-electron chi connectivity index (χ2n) is 3.87. The fourth-order valence-electron chi connectivity index (χ4n) is 1.46. The molecule has 0 saturated heterocycles. The van der Waals surface area contributed by atoms with Crippen molar-refractivity contribution in [3.8, 4) is 0 Å². The van der Waals surface area contributed by atoms with E-state index >= 15 is 0 Å². The maximum Gasteiger partial charge on any atom is 0.325 e. The third-order valence-corrected chi connectivity index (χ3v) is 2.45. The minimum Gasteiger partial charge on any atom is -0.468 e. The molecule has 0 radical (unpaired) electrons. The smallest absolute Gasteiger partial charge is 0.325 e. The molecule has 0 bridgehead atoms. The van der Waals surface area contributed by atoms with Crippen molar-refractivity contribution in [2.75, 3.05) is 7.11 Å². The zero-order valence-electron chi connectivity index (χ0n) is 10.1. The summed E-state index contributed by atoms with van der Waals surface area (Å²) in [5, 5.41) is 12.1. The molecule has 1 aromatic rings. The summed E-state index contributed by atoms with van der Waals surface area (Å²) in [6, 6.07) is 2.51. The Morgan fingerprint density at radius 2 is 2.11 bits per heavy atom. The monoisotopic (exact) mass is 259 g/mol. The van der Waals surface area contributed by atoms with Gasteiger partial charge in [0.2, 0.25) is 0 Å². The molecule has 2 N–H and O–H groups in total. The van der Waals surface area contributed by atoms with Crippen molar-refractivity contribution in [2.45, 2.75) is 25.6 Å². The first-order chi connectivity index (χ1) is 8.45. The predicted octanol–water partition coefficient (Wildman–Crippen LogP) is 0.977. The molecular formula is C12H15F2NO3. The lowest BCUT2D eigenvalue weighted by molar-refractivity contribution is -0.145. The second kappa shape index (κ2) is 6.42. The van der Waals surface area contributed by atoms with Crippen LogP contribution in [0.5, 0.6) is 0 Å². The van der Waals surface area contributed by atoms with Crippen LogP contribution in [0.15, 0.2) is 18.2 Å². The van der Waals surface area contributed by atoms with E-state index in [2.05, 4.69) is 10.1 Å². The SMILES string of the molecule is COC(=O)[C@@H](NCc1ccc(F)c(F)c1)[C@@H](C)O. The van der Waals surface area contributed by atoms with E-state index in [1.807, 2.05) is 0 Å². The normalized spacial score (nSPS) is 14.1. The lowest BCUT2D eigenvalue weighted by Crippen LogP contribution is -2.45. The number of carbonyl (C=O) groups is 1. The number of esters is 1. The highest BCUT2D eigenvalue weighted by Crippen LogP contribution is 2.09. The number of halogens is 2. The summed E-state index contributed by atoms with van der Waals surface area (Å²) in [6.07, 6.45) is -0.956. The van der Waals surface area contributed by atoms with Crippen molar-refractivity contribution in [2.24, 2.45) is 0 Å². The Morgan fingerprint density at radius 1 is 1.44 bits per heavy atom. The van der Waals surface area contributed by atoms with Gasteiger partial charge in [0.1, 0.15) is 6.04 Å². The highest BCUT2D eigenvalue weighted by molar-refractivity contribution is 5.76. The lowest BCUT2D eigenvalue weighted by Gasteiger charge is -2.18. The Balaban J connectivity index is 2.67. The molecule has 0 spiro atoms. The first-order valence-electron chi connectivity index (χ1n) is 5.39. The standard InChI is InChI=1S/C12H15F2NO3/c1-7(16)11(12(17)18-2)15-6-8-3-4-9(13)10(14)5-8/h3-5,7,11,15-16H,6H2,1-2H3/t7-,11+/m1/s1. The number of nitrogens with one attached hydrogen (secondary N) is 1. The van der Waals surface area contributed by atoms with Gasteiger partial charge in [-0.1, -0.05) is 6.07 Å². The number of aliphatic hydroxyl groups excluding tert-OH is 1. The van der Waals surface area contributed by atoms with Crippen LogP contribution in [0.4, 0.5) is 8.78 Å². The molecule has 0 aliphatic rings. The Morgan fingerprint density at radius 3 is 2.61 bits per heavy atom. The highest BCUT2D eigenvalue weighted by atomic mass is 19.2. The van der Waals surface area contributed by atoms with Gasteiger partial charge >= 0.3 is 5.97 Å². The number of methoxy groups -OCH3 is 1. The Labute approximate surface area is 104 Å². The van der Waals surface area contributed by atoms with Gasteiger partial charge in [-0.3, -0.25) is 10.1 Å². The quantitative estimate of drug-likeness (QED) is 0.774. The molecule has 0 aliphatic heterocycles. The van der Waals surface area contributed by atoms with E-state index in [1.54, 1.807) is 0 Å². The number of benzene rings is 1. The van der Waals surface area contributed by atoms with Gasteiger partial charge in [0.25, 0.3) is 0 Å². The summed E-state index contributed by atoms with van der Waals surface area (Å²) < 4.78 is 30.2. The molecule has 0 heterocycles. The first-order valence-corrected chi connectivity index (χ1v) is 5.39. The van der Waals surface area contributed by atoms with Crippen LogP contribution in [0.1, 0.15) is 12.5 Å². The Kier molecular flexibility index (Phi) is 5.18. The maximum absolute atomic E-state index is 12.9. The van der Waals surface area contributed by atoms with Crippen LogP contribution in [0, 0.1) is 11.6 Å². The summed E-state index contributed by atoms with van der Waals surface area (Å²) in [5.74, 6) is -2.51. The molecule has 0 aliphatic carbocycles. The summed E-state index contributed by atoms with van der Waals surface area (Å²) in [4.78, 5) is 11.3. The van der Waals surface area contributed by atoms with E-state index < -0.39 is 29.7 Å². The number of carbonyl (C=O) groups excluding carboxylic acids is 1. The van der Waals surface area contributed by atoms with Crippen LogP contribution >= 0.6 is 0 Å². The molecule has 0 aromatic heterocycles. The van der Waals surface area contributed by atoms with Crippen molar-refractivity contribution in [1.29, 1.82) is 0 Å². The van der Waals surface area contributed by atoms with Gasteiger partial charge in [-0.05, 0) is 24.6 Å². The molecular weight excluding hydrogens is 244 g/mol. The van der Waals surface area contributed by atoms with Crippen molar-refractivity contribution >= 4 is 5.97 Å². The van der Waals surface area contributed by atoms with E-state index in [1.165, 1.54) is 20.1 Å². The number of hydrogen-bond donors (Lipinski definition) is 2. The van der Waals surface area contributed by atoms with Crippen LogP contribution in [0.2, 0.25) is 0 Å². The molecule has 0 unspecified atom stereocenters. The molecule has 0 saturated carbocycles. The molecule has 18 heavy (non-hydrogen) atoms. The molecule has 1 rings (SSSR count). The lowest BCUT2D eigenvalue weighted by atomic mass is 10.1. The number of rotatable bonds is 5. The van der Waals surface area contributed by atoms with Gasteiger partial charge in [-0.15, -0.1) is 0 Å². The topological polar surface area (TPSA) is 58.6 Å². The minimum atomic E-state index is -0.957. The van der Waals surface area contributed by atoms with E-state index in [-0.39, 0.29) is 6.54 Å². The van der Waals surface area contributed by atoms with Crippen molar-refractivity contribution < 1.29 is 23.4 Å². The first kappa shape index (κ1) is 14.5. The molecule has 0 amide bonds. The van der Waals surface area contributed by atoms with Crippen LogP contribution < -0.4 is 5.32 Å². The van der Waals surface area contributed by atoms with E-state index in [9.17, 15) is 18.7 Å². The largest absolute Gasteiger partial charge is 0.468 e. The van der Waals surface area contributed by atoms with Gasteiger partial charge in [0, 0.05) is 6.54 Å². The number of aliphatic hydroxyl groups is 1. The summed E-state index contributed by atoms with van der Waals surface area (Å²) in [7, 11) is 1.21. The van der Waals surface area contributed by atoms with Crippen LogP contribution in [-0.2, 0) is 16.1 Å². The second-order valence-corrected chi connectivity index (χ2v) is 3.87. The van der Waals surface area contributed by atoms with Crippen LogP contribution in [0.25, 0.3) is 0 Å². The Hall–Kier alpha value is -1.53. The van der Waals surface area contributed by atoms with Crippen molar-refractivity contribution in [3.63, 3.8) is 0 Å². The zero-order chi connectivity index (χ0) is 13.7. The molecule has 100 valence electrons. The number of hydrogen-bond acceptors (Lipinski definition) is 4. The fraction of sp³-hybridized carbons (Fsp3) is 0.417. The van der Waals surface area contributed by atoms with Crippen molar-refractivity contribution in [3.05, 3.63) is 35.4 Å². The van der Waals surface area contributed by atoms with Gasteiger partial charge < -0.3 is 9.84 Å². The molecule has 2 atom stereocenters. The third kappa shape index (κ3) is 3.75.